The molecule has 2 aliphatic rings. The van der Waals surface area contributed by atoms with Crippen LogP contribution in [-0.2, 0) is 19.4 Å². The smallest absolute Gasteiger partial charge is 0.255 e. The molecule has 2 aliphatic heterocycles. The molecule has 0 atom stereocenters. The highest BCUT2D eigenvalue weighted by Gasteiger charge is 2.18. The van der Waals surface area contributed by atoms with Gasteiger partial charge in [0.15, 0.2) is 5.82 Å². The Labute approximate surface area is 163 Å². The number of rotatable bonds is 3. The maximum absolute atomic E-state index is 12.7. The van der Waals surface area contributed by atoms with Crippen molar-refractivity contribution in [1.29, 1.82) is 0 Å². The summed E-state index contributed by atoms with van der Waals surface area (Å²) in [6.45, 7) is 1.64. The van der Waals surface area contributed by atoms with Crippen molar-refractivity contribution in [2.24, 2.45) is 0 Å². The highest BCUT2D eigenvalue weighted by atomic mass is 16.5. The number of amides is 1. The Morgan fingerprint density at radius 2 is 2.00 bits per heavy atom. The number of aryl methyl sites for hydroxylation is 1. The summed E-state index contributed by atoms with van der Waals surface area (Å²) in [6, 6.07) is 13.4. The predicted molar refractivity (Wildman–Crippen MR) is 107 cm³/mol. The van der Waals surface area contributed by atoms with Crippen molar-refractivity contribution in [2.75, 3.05) is 11.9 Å². The van der Waals surface area contributed by atoms with Crippen molar-refractivity contribution in [1.82, 2.24) is 14.8 Å². The molecule has 6 nitrogen and oxygen atoms in total. The number of nitrogens with zero attached hydrogens (tertiary/aromatic N) is 3. The van der Waals surface area contributed by atoms with Crippen LogP contribution < -0.4 is 10.1 Å². The molecule has 3 aromatic rings. The SMILES string of the molecule is O=C(Nc1cccc(-c2nnc3n2CCCCC3)c1)c1ccc2c(c1)CCO2. The zero-order valence-corrected chi connectivity index (χ0v) is 15.6. The van der Waals surface area contributed by atoms with Gasteiger partial charge >= 0.3 is 0 Å². The van der Waals surface area contributed by atoms with E-state index >= 15 is 0 Å². The number of hydrogen-bond donors (Lipinski definition) is 1. The van der Waals surface area contributed by atoms with Gasteiger partial charge in [-0.2, -0.15) is 0 Å². The van der Waals surface area contributed by atoms with Gasteiger partial charge < -0.3 is 14.6 Å². The largest absolute Gasteiger partial charge is 0.493 e. The van der Waals surface area contributed by atoms with Crippen LogP contribution in [-0.4, -0.2) is 27.3 Å². The van der Waals surface area contributed by atoms with E-state index in [1.165, 1.54) is 12.8 Å². The van der Waals surface area contributed by atoms with Crippen molar-refractivity contribution < 1.29 is 9.53 Å². The van der Waals surface area contributed by atoms with E-state index in [1.807, 2.05) is 42.5 Å². The summed E-state index contributed by atoms with van der Waals surface area (Å²) < 4.78 is 7.73. The molecule has 0 unspecified atom stereocenters. The van der Waals surface area contributed by atoms with Crippen LogP contribution in [0.1, 0.15) is 41.0 Å². The highest BCUT2D eigenvalue weighted by Crippen LogP contribution is 2.27. The number of carbonyl (C=O) groups excluding carboxylic acids is 1. The van der Waals surface area contributed by atoms with Gasteiger partial charge in [-0.25, -0.2) is 0 Å². The third kappa shape index (κ3) is 3.15. The van der Waals surface area contributed by atoms with Gasteiger partial charge in [-0.3, -0.25) is 4.79 Å². The van der Waals surface area contributed by atoms with Gasteiger partial charge in [0.2, 0.25) is 0 Å². The second-order valence-corrected chi connectivity index (χ2v) is 7.36. The molecule has 0 bridgehead atoms. The first-order valence-electron chi connectivity index (χ1n) is 9.87. The summed E-state index contributed by atoms with van der Waals surface area (Å²) in [5.41, 5.74) is 3.46. The third-order valence-electron chi connectivity index (χ3n) is 5.44. The Morgan fingerprint density at radius 1 is 1.04 bits per heavy atom. The molecule has 5 rings (SSSR count). The molecule has 1 aromatic heterocycles. The molecule has 0 radical (unpaired) electrons. The molecule has 0 saturated carbocycles. The number of anilines is 1. The van der Waals surface area contributed by atoms with Crippen molar-refractivity contribution in [3.63, 3.8) is 0 Å². The molecule has 2 aromatic carbocycles. The lowest BCUT2D eigenvalue weighted by Crippen LogP contribution is -2.12. The predicted octanol–water partition coefficient (Wildman–Crippen LogP) is 3.86. The first-order valence-corrected chi connectivity index (χ1v) is 9.87. The average molecular weight is 374 g/mol. The second-order valence-electron chi connectivity index (χ2n) is 7.36. The molecule has 0 aliphatic carbocycles. The van der Waals surface area contributed by atoms with Crippen LogP contribution in [0.4, 0.5) is 5.69 Å². The number of benzene rings is 2. The van der Waals surface area contributed by atoms with Gasteiger partial charge in [-0.1, -0.05) is 18.6 Å². The Kier molecular flexibility index (Phi) is 4.31. The lowest BCUT2D eigenvalue weighted by atomic mass is 10.1. The minimum atomic E-state index is -0.119. The Morgan fingerprint density at radius 3 is 2.96 bits per heavy atom. The average Bonchev–Trinajstić information content (AvgIpc) is 3.28. The second kappa shape index (κ2) is 7.11. The van der Waals surface area contributed by atoms with Crippen LogP contribution in [0.5, 0.6) is 5.75 Å². The molecule has 0 saturated heterocycles. The third-order valence-corrected chi connectivity index (χ3v) is 5.44. The quantitative estimate of drug-likeness (QED) is 0.756. The van der Waals surface area contributed by atoms with Crippen LogP contribution in [0.2, 0.25) is 0 Å². The van der Waals surface area contributed by atoms with E-state index in [4.69, 9.17) is 4.74 Å². The molecular formula is C22H22N4O2. The zero-order valence-electron chi connectivity index (χ0n) is 15.6. The van der Waals surface area contributed by atoms with E-state index in [2.05, 4.69) is 20.1 Å². The van der Waals surface area contributed by atoms with Gasteiger partial charge in [-0.15, -0.1) is 10.2 Å². The van der Waals surface area contributed by atoms with E-state index < -0.39 is 0 Å². The Hall–Kier alpha value is -3.15. The first kappa shape index (κ1) is 17.0. The van der Waals surface area contributed by atoms with Gasteiger partial charge in [0.05, 0.1) is 6.61 Å². The van der Waals surface area contributed by atoms with E-state index in [0.29, 0.717) is 12.2 Å². The number of fused-ring (bicyclic) bond motifs is 2. The number of nitrogens with one attached hydrogen (secondary N) is 1. The fourth-order valence-corrected chi connectivity index (χ4v) is 3.97. The number of hydrogen-bond acceptors (Lipinski definition) is 4. The van der Waals surface area contributed by atoms with E-state index in [-0.39, 0.29) is 5.91 Å². The Balaban J connectivity index is 1.39. The van der Waals surface area contributed by atoms with Crippen LogP contribution in [0, 0.1) is 0 Å². The minimum Gasteiger partial charge on any atom is -0.493 e. The van der Waals surface area contributed by atoms with Crippen molar-refractivity contribution in [3.8, 4) is 17.1 Å². The summed E-state index contributed by atoms with van der Waals surface area (Å²) in [6.07, 6.45) is 5.37. The topological polar surface area (TPSA) is 69.0 Å². The molecular weight excluding hydrogens is 352 g/mol. The summed E-state index contributed by atoms with van der Waals surface area (Å²) in [7, 11) is 0. The van der Waals surface area contributed by atoms with Crippen LogP contribution in [0.3, 0.4) is 0 Å². The number of carbonyl (C=O) groups is 1. The maximum atomic E-state index is 12.7. The minimum absolute atomic E-state index is 0.119. The van der Waals surface area contributed by atoms with Gasteiger partial charge in [0, 0.05) is 36.2 Å². The molecule has 1 N–H and O–H groups in total. The van der Waals surface area contributed by atoms with Crippen LogP contribution in [0.15, 0.2) is 42.5 Å². The molecule has 0 spiro atoms. The fourth-order valence-electron chi connectivity index (χ4n) is 3.97. The van der Waals surface area contributed by atoms with E-state index in [9.17, 15) is 4.79 Å². The van der Waals surface area contributed by atoms with Crippen LogP contribution >= 0.6 is 0 Å². The Bertz CT molecular complexity index is 1040. The summed E-state index contributed by atoms with van der Waals surface area (Å²) >= 11 is 0. The van der Waals surface area contributed by atoms with E-state index in [1.54, 1.807) is 0 Å². The van der Waals surface area contributed by atoms with Crippen molar-refractivity contribution in [2.45, 2.75) is 38.6 Å². The molecule has 6 heteroatoms. The lowest BCUT2D eigenvalue weighted by molar-refractivity contribution is 0.102. The van der Waals surface area contributed by atoms with Gasteiger partial charge in [0.25, 0.3) is 5.91 Å². The van der Waals surface area contributed by atoms with Crippen molar-refractivity contribution in [3.05, 3.63) is 59.4 Å². The summed E-state index contributed by atoms with van der Waals surface area (Å²) in [5, 5.41) is 11.8. The fraction of sp³-hybridized carbons (Fsp3) is 0.318. The summed E-state index contributed by atoms with van der Waals surface area (Å²) in [5.74, 6) is 2.70. The molecule has 28 heavy (non-hydrogen) atoms. The van der Waals surface area contributed by atoms with Gasteiger partial charge in [-0.05, 0) is 48.7 Å². The maximum Gasteiger partial charge on any atom is 0.255 e. The lowest BCUT2D eigenvalue weighted by Gasteiger charge is -2.10. The summed E-state index contributed by atoms with van der Waals surface area (Å²) in [4.78, 5) is 12.7. The van der Waals surface area contributed by atoms with Crippen molar-refractivity contribution >= 4 is 11.6 Å². The number of aromatic nitrogens is 3. The molecule has 1 amide bonds. The zero-order chi connectivity index (χ0) is 18.9. The first-order chi connectivity index (χ1) is 13.8. The highest BCUT2D eigenvalue weighted by molar-refractivity contribution is 6.04. The molecule has 142 valence electrons. The molecule has 0 fully saturated rings. The monoisotopic (exact) mass is 374 g/mol. The van der Waals surface area contributed by atoms with Crippen LogP contribution in [0.25, 0.3) is 11.4 Å². The standard InChI is InChI=1S/C22H22N4O2/c27-22(17-8-9-19-15(13-17)10-12-28-19)23-18-6-4-5-16(14-18)21-25-24-20-7-2-1-3-11-26(20)21/h4-6,8-9,13-14H,1-3,7,10-12H2,(H,23,27). The normalized spacial score (nSPS) is 15.3. The van der Waals surface area contributed by atoms with E-state index in [0.717, 1.165) is 60.0 Å². The van der Waals surface area contributed by atoms with Gasteiger partial charge in [0.1, 0.15) is 11.6 Å². The number of ether oxygens (including phenoxy) is 1. The molecule has 3 heterocycles.